The molecule has 3 nitrogen and oxygen atoms in total. The number of rotatable bonds is 1. The third-order valence-electron chi connectivity index (χ3n) is 2.89. The van der Waals surface area contributed by atoms with Crippen molar-refractivity contribution in [1.82, 2.24) is 8.84 Å². The molecule has 0 radical (unpaired) electrons. The van der Waals surface area contributed by atoms with Crippen molar-refractivity contribution in [2.75, 3.05) is 0 Å². The molecular weight excluding hydrogens is 412 g/mol. The summed E-state index contributed by atoms with van der Waals surface area (Å²) in [6.45, 7) is 0. The fourth-order valence-electron chi connectivity index (χ4n) is 1.82. The first-order valence-electron chi connectivity index (χ1n) is 5.16. The molecule has 1 aliphatic rings. The number of nitrogens with zero attached hydrogens (tertiary/aromatic N) is 2. The number of halogens is 7. The van der Waals surface area contributed by atoms with Gasteiger partial charge in [-0.25, -0.2) is 0 Å². The van der Waals surface area contributed by atoms with Gasteiger partial charge >= 0.3 is 0 Å². The lowest BCUT2D eigenvalue weighted by Crippen LogP contribution is -2.72. The largest absolute Gasteiger partial charge is 0.348 e. The zero-order valence-electron chi connectivity index (χ0n) is 9.45. The highest BCUT2D eigenvalue weighted by atomic mass is 35.5. The van der Waals surface area contributed by atoms with Crippen molar-refractivity contribution in [3.05, 3.63) is 35.9 Å². The van der Waals surface area contributed by atoms with Gasteiger partial charge in [-0.2, -0.15) is 0 Å². The standard InChI is InChI=1S/C10H7Cl7N2O/c11-7-8(12,13)9(14,6-4-2-1-3-5-6)19(17)10(15,20)18(7)16/h1-5,7,20H. The topological polar surface area (TPSA) is 26.7 Å². The number of alkyl halides is 5. The second-order valence-corrected chi connectivity index (χ2v) is 7.65. The molecule has 0 amide bonds. The van der Waals surface area contributed by atoms with Gasteiger partial charge in [-0.1, -0.05) is 76.7 Å². The predicted octanol–water partition coefficient (Wildman–Crippen LogP) is 4.58. The van der Waals surface area contributed by atoms with Crippen LogP contribution >= 0.6 is 81.6 Å². The second kappa shape index (κ2) is 5.64. The number of hydrogen-bond acceptors (Lipinski definition) is 3. The molecule has 0 bridgehead atoms. The quantitative estimate of drug-likeness (QED) is 0.410. The molecule has 1 fully saturated rings. The van der Waals surface area contributed by atoms with E-state index in [0.717, 1.165) is 0 Å². The van der Waals surface area contributed by atoms with Crippen molar-refractivity contribution in [3.63, 3.8) is 0 Å². The van der Waals surface area contributed by atoms with Gasteiger partial charge in [0, 0.05) is 0 Å². The Morgan fingerprint density at radius 3 is 2.00 bits per heavy atom. The van der Waals surface area contributed by atoms with Crippen molar-refractivity contribution < 1.29 is 5.11 Å². The molecule has 112 valence electrons. The number of hydrogen-bond donors (Lipinski definition) is 1. The van der Waals surface area contributed by atoms with Crippen LogP contribution in [0, 0.1) is 0 Å². The molecule has 1 aliphatic heterocycles. The minimum atomic E-state index is -2.40. The average Bonchev–Trinajstić information content (AvgIpc) is 2.43. The predicted molar refractivity (Wildman–Crippen MR) is 84.2 cm³/mol. The van der Waals surface area contributed by atoms with Gasteiger partial charge in [0.25, 0.3) is 5.31 Å². The van der Waals surface area contributed by atoms with Crippen molar-refractivity contribution in [1.29, 1.82) is 0 Å². The molecule has 1 saturated heterocycles. The summed E-state index contributed by atoms with van der Waals surface area (Å²) in [6.07, 6.45) is 0. The summed E-state index contributed by atoms with van der Waals surface area (Å²) in [7, 11) is 0. The molecule has 0 spiro atoms. The molecule has 1 aromatic rings. The first-order chi connectivity index (χ1) is 9.08. The SMILES string of the molecule is OC1(Cl)N(Cl)C(Cl)C(Cl)(Cl)C(Cl)(c2ccccc2)N1Cl. The first kappa shape index (κ1) is 17.5. The van der Waals surface area contributed by atoms with Crippen LogP contribution in [0.5, 0.6) is 0 Å². The van der Waals surface area contributed by atoms with Gasteiger partial charge in [-0.15, -0.1) is 20.4 Å². The van der Waals surface area contributed by atoms with Crippen LogP contribution in [0.25, 0.3) is 0 Å². The summed E-state index contributed by atoms with van der Waals surface area (Å²) in [6, 6.07) is 8.37. The van der Waals surface area contributed by atoms with Gasteiger partial charge in [-0.3, -0.25) is 0 Å². The zero-order valence-corrected chi connectivity index (χ0v) is 14.7. The minimum absolute atomic E-state index is 0.385. The molecule has 0 saturated carbocycles. The summed E-state index contributed by atoms with van der Waals surface area (Å²) >= 11 is 42.8. The van der Waals surface area contributed by atoms with Gasteiger partial charge in [0.2, 0.25) is 0 Å². The highest BCUT2D eigenvalue weighted by Crippen LogP contribution is 2.61. The highest BCUT2D eigenvalue weighted by molar-refractivity contribution is 6.58. The van der Waals surface area contributed by atoms with Gasteiger partial charge in [0.1, 0.15) is 5.50 Å². The molecule has 1 aromatic carbocycles. The first-order valence-corrected chi connectivity index (χ1v) is 7.79. The van der Waals surface area contributed by atoms with Crippen LogP contribution in [0.2, 0.25) is 0 Å². The molecule has 0 aliphatic carbocycles. The Labute approximate surface area is 151 Å². The summed E-state index contributed by atoms with van der Waals surface area (Å²) in [4.78, 5) is -1.83. The lowest BCUT2D eigenvalue weighted by molar-refractivity contribution is -0.136. The zero-order chi connectivity index (χ0) is 15.3. The van der Waals surface area contributed by atoms with Crippen LogP contribution in [0.15, 0.2) is 30.3 Å². The smallest absolute Gasteiger partial charge is 0.289 e. The molecule has 1 N–H and O–H groups in total. The van der Waals surface area contributed by atoms with Gasteiger partial charge in [0.05, 0.1) is 0 Å². The Morgan fingerprint density at radius 1 is 1.00 bits per heavy atom. The fourth-order valence-corrected chi connectivity index (χ4v) is 4.18. The molecule has 3 unspecified atom stereocenters. The molecule has 0 aromatic heterocycles. The maximum atomic E-state index is 10.2. The van der Waals surface area contributed by atoms with E-state index in [9.17, 15) is 5.11 Å². The van der Waals surface area contributed by atoms with E-state index in [1.54, 1.807) is 30.3 Å². The average molecular weight is 419 g/mol. The van der Waals surface area contributed by atoms with Crippen LogP contribution in [-0.4, -0.2) is 29.1 Å². The van der Waals surface area contributed by atoms with E-state index >= 15 is 0 Å². The van der Waals surface area contributed by atoms with Gasteiger partial charge in [0.15, 0.2) is 9.33 Å². The van der Waals surface area contributed by atoms with Crippen LogP contribution < -0.4 is 0 Å². The lowest BCUT2D eigenvalue weighted by atomic mass is 10.00. The summed E-state index contributed by atoms with van der Waals surface area (Å²) in [5.74, 6) is 0. The molecule has 10 heteroatoms. The van der Waals surface area contributed by atoms with Crippen LogP contribution in [0.1, 0.15) is 5.56 Å². The van der Waals surface area contributed by atoms with Crippen molar-refractivity contribution >= 4 is 81.6 Å². The van der Waals surface area contributed by atoms with Crippen molar-refractivity contribution in [3.8, 4) is 0 Å². The number of aliphatic hydroxyl groups is 1. The monoisotopic (exact) mass is 416 g/mol. The molecule has 2 rings (SSSR count). The highest BCUT2D eigenvalue weighted by Gasteiger charge is 2.70. The lowest BCUT2D eigenvalue weighted by Gasteiger charge is -2.56. The maximum Gasteiger partial charge on any atom is 0.289 e. The van der Waals surface area contributed by atoms with Gasteiger partial charge in [-0.05, 0) is 29.1 Å². The van der Waals surface area contributed by atoms with Gasteiger partial charge < -0.3 is 5.11 Å². The summed E-state index contributed by atoms with van der Waals surface area (Å²) in [5, 5.41) is 7.78. The van der Waals surface area contributed by atoms with E-state index in [0.29, 0.717) is 14.4 Å². The van der Waals surface area contributed by atoms with E-state index < -0.39 is 20.1 Å². The van der Waals surface area contributed by atoms with E-state index in [1.807, 2.05) is 0 Å². The van der Waals surface area contributed by atoms with Crippen LogP contribution in [-0.2, 0) is 5.00 Å². The van der Waals surface area contributed by atoms with E-state index in [-0.39, 0.29) is 0 Å². The number of benzene rings is 1. The summed E-state index contributed by atoms with van der Waals surface area (Å²) in [5.41, 5.74) is -0.945. The molecule has 20 heavy (non-hydrogen) atoms. The Morgan fingerprint density at radius 2 is 1.50 bits per heavy atom. The van der Waals surface area contributed by atoms with E-state index in [4.69, 9.17) is 81.6 Å². The van der Waals surface area contributed by atoms with Crippen molar-refractivity contribution in [2.24, 2.45) is 0 Å². The molecular formula is C10H7Cl7N2O. The summed E-state index contributed by atoms with van der Waals surface area (Å²) < 4.78 is -0.695. The third-order valence-corrected chi connectivity index (χ3v) is 7.10. The van der Waals surface area contributed by atoms with E-state index in [1.165, 1.54) is 0 Å². The third kappa shape index (κ3) is 2.31. The van der Waals surface area contributed by atoms with E-state index in [2.05, 4.69) is 0 Å². The second-order valence-electron chi connectivity index (χ2n) is 4.09. The maximum absolute atomic E-state index is 10.2. The Bertz CT molecular complexity index is 500. The Kier molecular flexibility index (Phi) is 4.93. The fraction of sp³-hybridized carbons (Fsp3) is 0.400. The van der Waals surface area contributed by atoms with Crippen LogP contribution in [0.4, 0.5) is 0 Å². The Balaban J connectivity index is 2.65. The van der Waals surface area contributed by atoms with Crippen LogP contribution in [0.3, 0.4) is 0 Å². The van der Waals surface area contributed by atoms with Crippen molar-refractivity contribution in [2.45, 2.75) is 20.1 Å². The molecule has 1 heterocycles. The Hall–Kier alpha value is 1.13. The minimum Gasteiger partial charge on any atom is -0.348 e. The molecule has 3 atom stereocenters. The normalized spacial score (nSPS) is 38.9.